The van der Waals surface area contributed by atoms with Gasteiger partial charge in [0.05, 0.1) is 0 Å². The maximum absolute atomic E-state index is 3.78. The van der Waals surface area contributed by atoms with Crippen LogP contribution in [0.5, 0.6) is 0 Å². The minimum absolute atomic E-state index is 1.06. The maximum atomic E-state index is 3.78. The molecule has 0 heterocycles. The van der Waals surface area contributed by atoms with Gasteiger partial charge in [0.2, 0.25) is 0 Å². The third kappa shape index (κ3) is 17.7. The van der Waals surface area contributed by atoms with E-state index in [2.05, 4.69) is 27.4 Å². The van der Waals surface area contributed by atoms with Gasteiger partial charge in [-0.2, -0.15) is 0 Å². The van der Waals surface area contributed by atoms with Gasteiger partial charge in [0, 0.05) is 0 Å². The van der Waals surface area contributed by atoms with Crippen molar-refractivity contribution < 1.29 is 0 Å². The highest BCUT2D eigenvalue weighted by atomic mass is 13.8. The first-order chi connectivity index (χ1) is 5.22. The maximum Gasteiger partial charge on any atom is -0.0313 e. The molecular weight excluding hydrogens is 132 g/mol. The molecule has 66 valence electrons. The Morgan fingerprint density at radius 2 is 1.64 bits per heavy atom. The normalized spacial score (nSPS) is 9.09. The zero-order valence-electron chi connectivity index (χ0n) is 8.48. The topological polar surface area (TPSA) is 0 Å². The quantitative estimate of drug-likeness (QED) is 0.531. The monoisotopic (exact) mass is 154 g/mol. The number of unbranched alkanes of at least 4 members (excludes halogenated alkanes) is 1. The first kappa shape index (κ1) is 13.1. The van der Waals surface area contributed by atoms with Crippen LogP contribution in [0.4, 0.5) is 0 Å². The highest BCUT2D eigenvalue weighted by molar-refractivity contribution is 5.12. The van der Waals surface area contributed by atoms with E-state index in [0.717, 1.165) is 6.42 Å². The van der Waals surface area contributed by atoms with E-state index in [0.29, 0.717) is 0 Å². The van der Waals surface area contributed by atoms with Crippen LogP contribution in [0.2, 0.25) is 0 Å². The Balaban J connectivity index is 0. The second kappa shape index (κ2) is 12.2. The molecule has 0 saturated carbocycles. The van der Waals surface area contributed by atoms with Gasteiger partial charge in [-0.15, -0.1) is 0 Å². The van der Waals surface area contributed by atoms with Crippen LogP contribution in [-0.4, -0.2) is 0 Å². The fraction of sp³-hybridized carbons (Fsp3) is 0.636. The van der Waals surface area contributed by atoms with Gasteiger partial charge < -0.3 is 0 Å². The van der Waals surface area contributed by atoms with E-state index in [9.17, 15) is 0 Å². The van der Waals surface area contributed by atoms with Crippen LogP contribution in [0, 0.1) is 0 Å². The Morgan fingerprint density at radius 1 is 1.18 bits per heavy atom. The number of allylic oxidation sites excluding steroid dienone is 3. The standard InChI is InChI=1S/C7H12.C4H10/c1-4-6-7(3)5-2;1-3-4-2/h4,6H,3,5H2,1-2H3;3-4H2,1-2H3/b6-4-;. The van der Waals surface area contributed by atoms with Crippen molar-refractivity contribution in [1.29, 1.82) is 0 Å². The molecule has 0 nitrogen and oxygen atoms in total. The number of hydrogen-bond donors (Lipinski definition) is 0. The third-order valence-electron chi connectivity index (χ3n) is 1.36. The highest BCUT2D eigenvalue weighted by Gasteiger charge is 1.75. The SMILES string of the molecule is C=C(/C=C\C)CC.CCCC. The number of hydrogen-bond acceptors (Lipinski definition) is 0. The Kier molecular flexibility index (Phi) is 14.5. The van der Waals surface area contributed by atoms with Crippen molar-refractivity contribution in [2.45, 2.75) is 47.0 Å². The largest absolute Gasteiger partial charge is 0.0959 e. The molecule has 0 aliphatic carbocycles. The van der Waals surface area contributed by atoms with Crippen molar-refractivity contribution in [2.75, 3.05) is 0 Å². The van der Waals surface area contributed by atoms with Gasteiger partial charge >= 0.3 is 0 Å². The van der Waals surface area contributed by atoms with Crippen molar-refractivity contribution >= 4 is 0 Å². The Morgan fingerprint density at radius 3 is 1.73 bits per heavy atom. The molecule has 0 amide bonds. The molecule has 0 atom stereocenters. The predicted octanol–water partition coefficient (Wildman–Crippen LogP) is 4.34. The summed E-state index contributed by atoms with van der Waals surface area (Å²) in [5.74, 6) is 0. The van der Waals surface area contributed by atoms with Crippen molar-refractivity contribution in [2.24, 2.45) is 0 Å². The van der Waals surface area contributed by atoms with Gasteiger partial charge in [0.15, 0.2) is 0 Å². The summed E-state index contributed by atoms with van der Waals surface area (Å²) in [7, 11) is 0. The van der Waals surface area contributed by atoms with Gasteiger partial charge in [0.1, 0.15) is 0 Å². The summed E-state index contributed by atoms with van der Waals surface area (Å²) in [5.41, 5.74) is 1.20. The number of rotatable bonds is 3. The van der Waals surface area contributed by atoms with Crippen LogP contribution >= 0.6 is 0 Å². The molecule has 0 bridgehead atoms. The molecule has 0 saturated heterocycles. The van der Waals surface area contributed by atoms with Crippen molar-refractivity contribution in [3.63, 3.8) is 0 Å². The van der Waals surface area contributed by atoms with E-state index in [-0.39, 0.29) is 0 Å². The summed E-state index contributed by atoms with van der Waals surface area (Å²) < 4.78 is 0. The molecule has 0 heteroatoms. The molecule has 0 aromatic rings. The van der Waals surface area contributed by atoms with Gasteiger partial charge in [-0.05, 0) is 13.3 Å². The summed E-state index contributed by atoms with van der Waals surface area (Å²) in [6.07, 6.45) is 7.73. The lowest BCUT2D eigenvalue weighted by Gasteiger charge is -1.85. The average Bonchev–Trinajstić information content (AvgIpc) is 2.05. The van der Waals surface area contributed by atoms with Crippen LogP contribution in [0.25, 0.3) is 0 Å². The van der Waals surface area contributed by atoms with E-state index in [1.165, 1.54) is 18.4 Å². The average molecular weight is 154 g/mol. The molecule has 0 aromatic heterocycles. The first-order valence-electron chi connectivity index (χ1n) is 4.53. The summed E-state index contributed by atoms with van der Waals surface area (Å²) in [6.45, 7) is 12.2. The van der Waals surface area contributed by atoms with Gasteiger partial charge in [-0.25, -0.2) is 0 Å². The Hall–Kier alpha value is -0.520. The Bertz CT molecular complexity index is 96.6. The molecule has 0 aromatic carbocycles. The Labute approximate surface area is 72.0 Å². The zero-order valence-corrected chi connectivity index (χ0v) is 8.48. The molecule has 0 aliphatic heterocycles. The van der Waals surface area contributed by atoms with Crippen LogP contribution in [-0.2, 0) is 0 Å². The van der Waals surface area contributed by atoms with Crippen LogP contribution in [0.3, 0.4) is 0 Å². The third-order valence-corrected chi connectivity index (χ3v) is 1.36. The fourth-order valence-corrected chi connectivity index (χ4v) is 0.354. The van der Waals surface area contributed by atoms with Gasteiger partial charge in [-0.1, -0.05) is 57.9 Å². The van der Waals surface area contributed by atoms with Crippen molar-refractivity contribution in [1.82, 2.24) is 0 Å². The van der Waals surface area contributed by atoms with E-state index in [4.69, 9.17) is 0 Å². The van der Waals surface area contributed by atoms with Gasteiger partial charge in [-0.3, -0.25) is 0 Å². The second-order valence-corrected chi connectivity index (χ2v) is 2.51. The zero-order chi connectivity index (χ0) is 9.11. The van der Waals surface area contributed by atoms with Crippen LogP contribution in [0.15, 0.2) is 24.3 Å². The molecule has 11 heavy (non-hydrogen) atoms. The first-order valence-corrected chi connectivity index (χ1v) is 4.53. The molecular formula is C11H22. The smallest absolute Gasteiger partial charge is 0.0313 e. The van der Waals surface area contributed by atoms with E-state index < -0.39 is 0 Å². The van der Waals surface area contributed by atoms with Crippen molar-refractivity contribution in [3.05, 3.63) is 24.3 Å². The minimum atomic E-state index is 1.06. The van der Waals surface area contributed by atoms with Crippen molar-refractivity contribution in [3.8, 4) is 0 Å². The lowest BCUT2D eigenvalue weighted by atomic mass is 10.2. The van der Waals surface area contributed by atoms with E-state index in [1.807, 2.05) is 19.1 Å². The van der Waals surface area contributed by atoms with E-state index in [1.54, 1.807) is 0 Å². The second-order valence-electron chi connectivity index (χ2n) is 2.51. The minimum Gasteiger partial charge on any atom is -0.0959 e. The molecule has 0 radical (unpaired) electrons. The van der Waals surface area contributed by atoms with Gasteiger partial charge in [0.25, 0.3) is 0 Å². The lowest BCUT2D eigenvalue weighted by Crippen LogP contribution is -1.65. The molecule has 0 unspecified atom stereocenters. The molecule has 0 spiro atoms. The van der Waals surface area contributed by atoms with E-state index >= 15 is 0 Å². The summed E-state index contributed by atoms with van der Waals surface area (Å²) in [6, 6.07) is 0. The summed E-state index contributed by atoms with van der Waals surface area (Å²) >= 11 is 0. The lowest BCUT2D eigenvalue weighted by molar-refractivity contribution is 0.886. The summed E-state index contributed by atoms with van der Waals surface area (Å²) in [4.78, 5) is 0. The van der Waals surface area contributed by atoms with Crippen LogP contribution < -0.4 is 0 Å². The molecule has 0 N–H and O–H groups in total. The summed E-state index contributed by atoms with van der Waals surface area (Å²) in [5, 5.41) is 0. The highest BCUT2D eigenvalue weighted by Crippen LogP contribution is 1.95. The predicted molar refractivity (Wildman–Crippen MR) is 54.8 cm³/mol. The molecule has 0 fully saturated rings. The molecule has 0 aliphatic rings. The fourth-order valence-electron chi connectivity index (χ4n) is 0.354. The van der Waals surface area contributed by atoms with Crippen LogP contribution in [0.1, 0.15) is 47.0 Å². The molecule has 0 rings (SSSR count).